The standard InChI is InChI=1S/C3H7I.2Na.2H/c1-2-3-4;;;;/h2-3H2,1H3;;;;. The summed E-state index contributed by atoms with van der Waals surface area (Å²) in [6.07, 6.45) is 1.31. The van der Waals surface area contributed by atoms with Gasteiger partial charge in [0, 0.05) is 0 Å². The SMILES string of the molecule is CCCI.[NaH].[NaH]. The fourth-order valence-electron chi connectivity index (χ4n) is 0. The molecule has 0 N–H and O–H groups in total. The van der Waals surface area contributed by atoms with Crippen LogP contribution in [0.3, 0.4) is 0 Å². The van der Waals surface area contributed by atoms with Crippen molar-refractivity contribution in [1.29, 1.82) is 0 Å². The van der Waals surface area contributed by atoms with E-state index in [1.807, 2.05) is 0 Å². The number of hydrogen-bond acceptors (Lipinski definition) is 0. The summed E-state index contributed by atoms with van der Waals surface area (Å²) in [5.74, 6) is 0. The summed E-state index contributed by atoms with van der Waals surface area (Å²) >= 11 is 2.35. The van der Waals surface area contributed by atoms with Crippen LogP contribution in [0.4, 0.5) is 0 Å². The first kappa shape index (κ1) is 15.9. The van der Waals surface area contributed by atoms with Gasteiger partial charge in [0.05, 0.1) is 0 Å². The van der Waals surface area contributed by atoms with Gasteiger partial charge in [0.1, 0.15) is 0 Å². The third-order valence-electron chi connectivity index (χ3n) is 0.189. The third kappa shape index (κ3) is 15.9. The van der Waals surface area contributed by atoms with Crippen molar-refractivity contribution in [3.63, 3.8) is 0 Å². The molecule has 0 aromatic rings. The maximum absolute atomic E-state index is 2.35. The van der Waals surface area contributed by atoms with Gasteiger partial charge in [-0.2, -0.15) is 0 Å². The van der Waals surface area contributed by atoms with Gasteiger partial charge in [0.25, 0.3) is 0 Å². The fraction of sp³-hybridized carbons (Fsp3) is 1.00. The molecule has 0 amide bonds. The summed E-state index contributed by atoms with van der Waals surface area (Å²) in [7, 11) is 0. The van der Waals surface area contributed by atoms with Gasteiger partial charge in [-0.15, -0.1) is 0 Å². The Balaban J connectivity index is -0.0000000450. The van der Waals surface area contributed by atoms with Crippen LogP contribution in [0, 0.1) is 0 Å². The van der Waals surface area contributed by atoms with Gasteiger partial charge in [-0.25, -0.2) is 0 Å². The van der Waals surface area contributed by atoms with E-state index < -0.39 is 0 Å². The summed E-state index contributed by atoms with van der Waals surface area (Å²) in [5.41, 5.74) is 0. The topological polar surface area (TPSA) is 0 Å². The average molecular weight is 218 g/mol. The summed E-state index contributed by atoms with van der Waals surface area (Å²) in [6.45, 7) is 2.17. The molecule has 6 heavy (non-hydrogen) atoms. The zero-order valence-electron chi connectivity index (χ0n) is 2.79. The van der Waals surface area contributed by atoms with E-state index in [4.69, 9.17) is 0 Å². The zero-order valence-corrected chi connectivity index (χ0v) is 4.95. The van der Waals surface area contributed by atoms with Gasteiger partial charge in [-0.1, -0.05) is 29.5 Å². The molecular formula is C3H9INa2. The Labute approximate surface area is 97.6 Å². The molecule has 0 aromatic heterocycles. The van der Waals surface area contributed by atoms with Crippen LogP contribution in [-0.2, 0) is 0 Å². The van der Waals surface area contributed by atoms with Crippen molar-refractivity contribution in [2.75, 3.05) is 4.43 Å². The molecule has 3 heteroatoms. The quantitative estimate of drug-likeness (QED) is 0.342. The second kappa shape index (κ2) is 15.6. The molecule has 0 radical (unpaired) electrons. The first-order valence-corrected chi connectivity index (χ1v) is 3.00. The predicted octanol–water partition coefficient (Wildman–Crippen LogP) is 0.534. The summed E-state index contributed by atoms with van der Waals surface area (Å²) in [5, 5.41) is 0. The van der Waals surface area contributed by atoms with E-state index in [0.29, 0.717) is 0 Å². The molecule has 0 nitrogen and oxygen atoms in total. The molecule has 0 spiro atoms. The molecular weight excluding hydrogens is 209 g/mol. The van der Waals surface area contributed by atoms with Gasteiger partial charge in [0.15, 0.2) is 0 Å². The van der Waals surface area contributed by atoms with Crippen LogP contribution in [0.15, 0.2) is 0 Å². The molecule has 0 saturated heterocycles. The van der Waals surface area contributed by atoms with Crippen LogP contribution < -0.4 is 0 Å². The van der Waals surface area contributed by atoms with Gasteiger partial charge in [-0.05, 0) is 10.8 Å². The Morgan fingerprint density at radius 3 is 1.50 bits per heavy atom. The second-order valence-electron chi connectivity index (χ2n) is 0.689. The molecule has 0 aromatic carbocycles. The van der Waals surface area contributed by atoms with Crippen molar-refractivity contribution < 1.29 is 0 Å². The molecule has 30 valence electrons. The molecule has 0 aliphatic heterocycles. The molecule has 0 atom stereocenters. The van der Waals surface area contributed by atoms with Gasteiger partial charge in [-0.3, -0.25) is 0 Å². The molecule has 0 unspecified atom stereocenters. The van der Waals surface area contributed by atoms with E-state index in [1.165, 1.54) is 10.8 Å². The van der Waals surface area contributed by atoms with Crippen molar-refractivity contribution in [3.8, 4) is 0 Å². The fourth-order valence-corrected chi connectivity index (χ4v) is 0. The first-order valence-electron chi connectivity index (χ1n) is 1.47. The van der Waals surface area contributed by atoms with E-state index in [-0.39, 0.29) is 59.1 Å². The predicted molar refractivity (Wildman–Crippen MR) is 43.5 cm³/mol. The molecule has 0 saturated carbocycles. The van der Waals surface area contributed by atoms with Crippen LogP contribution in [0.2, 0.25) is 0 Å². The maximum atomic E-state index is 2.35. The van der Waals surface area contributed by atoms with Crippen LogP contribution in [0.1, 0.15) is 13.3 Å². The molecule has 0 bridgehead atoms. The van der Waals surface area contributed by atoms with Crippen LogP contribution in [0.5, 0.6) is 0 Å². The molecule has 0 aliphatic rings. The van der Waals surface area contributed by atoms with E-state index in [0.717, 1.165) is 0 Å². The summed E-state index contributed by atoms with van der Waals surface area (Å²) < 4.78 is 1.29. The molecule has 0 heterocycles. The van der Waals surface area contributed by atoms with E-state index in [2.05, 4.69) is 29.5 Å². The Morgan fingerprint density at radius 1 is 1.33 bits per heavy atom. The number of halogens is 1. The van der Waals surface area contributed by atoms with Crippen molar-refractivity contribution >= 4 is 81.7 Å². The minimum absolute atomic E-state index is 0. The number of alkyl halides is 1. The first-order chi connectivity index (χ1) is 1.91. The minimum atomic E-state index is 0. The van der Waals surface area contributed by atoms with Crippen LogP contribution in [0.25, 0.3) is 0 Å². The van der Waals surface area contributed by atoms with Gasteiger partial charge < -0.3 is 0 Å². The van der Waals surface area contributed by atoms with Crippen molar-refractivity contribution in [1.82, 2.24) is 0 Å². The van der Waals surface area contributed by atoms with E-state index in [9.17, 15) is 0 Å². The zero-order chi connectivity index (χ0) is 3.41. The number of hydrogen-bond donors (Lipinski definition) is 0. The molecule has 0 rings (SSSR count). The van der Waals surface area contributed by atoms with E-state index in [1.54, 1.807) is 0 Å². The van der Waals surface area contributed by atoms with Crippen LogP contribution in [-0.4, -0.2) is 63.5 Å². The van der Waals surface area contributed by atoms with E-state index >= 15 is 0 Å². The van der Waals surface area contributed by atoms with Gasteiger partial charge >= 0.3 is 59.1 Å². The monoisotopic (exact) mass is 218 g/mol. The summed E-state index contributed by atoms with van der Waals surface area (Å²) in [4.78, 5) is 0. The van der Waals surface area contributed by atoms with Gasteiger partial charge in [0.2, 0.25) is 0 Å². The Kier molecular flexibility index (Phi) is 41.4. The van der Waals surface area contributed by atoms with Crippen molar-refractivity contribution in [2.24, 2.45) is 0 Å². The molecule has 0 fully saturated rings. The Hall–Kier alpha value is 2.73. The second-order valence-corrected chi connectivity index (χ2v) is 1.77. The Morgan fingerprint density at radius 2 is 1.50 bits per heavy atom. The third-order valence-corrected chi connectivity index (χ3v) is 1.27. The normalized spacial score (nSPS) is 5.00. The van der Waals surface area contributed by atoms with Crippen LogP contribution >= 0.6 is 22.6 Å². The van der Waals surface area contributed by atoms with Crippen molar-refractivity contribution in [2.45, 2.75) is 13.3 Å². The average Bonchev–Trinajstić information content (AvgIpc) is 1.37. The number of rotatable bonds is 1. The molecule has 0 aliphatic carbocycles. The Bertz CT molecular complexity index is 10.8. The van der Waals surface area contributed by atoms with Crippen molar-refractivity contribution in [3.05, 3.63) is 0 Å². The summed E-state index contributed by atoms with van der Waals surface area (Å²) in [6, 6.07) is 0.